The Balaban J connectivity index is 1.91. The molecule has 152 valence electrons. The van der Waals surface area contributed by atoms with Crippen molar-refractivity contribution in [3.8, 4) is 11.5 Å². The Morgan fingerprint density at radius 3 is 2.55 bits per heavy atom. The summed E-state index contributed by atoms with van der Waals surface area (Å²) in [5, 5.41) is 0.377. The normalized spacial score (nSPS) is 17.0. The number of fused-ring (bicyclic) bond motifs is 1. The van der Waals surface area contributed by atoms with Crippen LogP contribution in [0.25, 0.3) is 0 Å². The summed E-state index contributed by atoms with van der Waals surface area (Å²) < 4.78 is 41.7. The lowest BCUT2D eigenvalue weighted by Gasteiger charge is -2.37. The van der Waals surface area contributed by atoms with Gasteiger partial charge in [-0.1, -0.05) is 17.7 Å². The summed E-state index contributed by atoms with van der Waals surface area (Å²) in [5.41, 5.74) is 1.59. The number of ether oxygens (including phenoxy) is 2. The summed E-state index contributed by atoms with van der Waals surface area (Å²) >= 11 is 6.07. The van der Waals surface area contributed by atoms with Crippen molar-refractivity contribution in [3.63, 3.8) is 0 Å². The molecule has 0 N–H and O–H groups in total. The van der Waals surface area contributed by atoms with Gasteiger partial charge in [0.1, 0.15) is 11.5 Å². The van der Waals surface area contributed by atoms with Crippen molar-refractivity contribution in [1.29, 1.82) is 0 Å². The van der Waals surface area contributed by atoms with Crippen LogP contribution in [0.3, 0.4) is 0 Å². The SMILES string of the molecule is COc1ccc(OC)c(C2c3cccn3CCN2S(=O)(=O)c2cccc(Cl)c2)c1. The number of aromatic nitrogens is 1. The molecule has 0 saturated carbocycles. The van der Waals surface area contributed by atoms with Gasteiger partial charge >= 0.3 is 0 Å². The maximum Gasteiger partial charge on any atom is 0.244 e. The van der Waals surface area contributed by atoms with E-state index in [9.17, 15) is 8.42 Å². The standard InChI is InChI=1S/C21H21ClN2O4S/c1-27-16-8-9-20(28-2)18(14-16)21-19-7-4-10-23(19)11-12-24(21)29(25,26)17-6-3-5-15(22)13-17/h3-10,13-14,21H,11-12H2,1-2H3. The first kappa shape index (κ1) is 19.8. The topological polar surface area (TPSA) is 60.8 Å². The van der Waals surface area contributed by atoms with Gasteiger partial charge in [-0.15, -0.1) is 0 Å². The van der Waals surface area contributed by atoms with Gasteiger partial charge in [0.15, 0.2) is 0 Å². The molecule has 8 heteroatoms. The van der Waals surface area contributed by atoms with E-state index in [1.54, 1.807) is 44.6 Å². The number of hydrogen-bond donors (Lipinski definition) is 0. The van der Waals surface area contributed by atoms with Crippen molar-refractivity contribution in [2.75, 3.05) is 20.8 Å². The fraction of sp³-hybridized carbons (Fsp3) is 0.238. The molecule has 0 radical (unpaired) electrons. The van der Waals surface area contributed by atoms with E-state index in [0.717, 1.165) is 11.3 Å². The summed E-state index contributed by atoms with van der Waals surface area (Å²) in [6, 6.07) is 15.0. The van der Waals surface area contributed by atoms with Crippen molar-refractivity contribution in [2.45, 2.75) is 17.5 Å². The van der Waals surface area contributed by atoms with E-state index >= 15 is 0 Å². The summed E-state index contributed by atoms with van der Waals surface area (Å²) in [5.74, 6) is 1.22. The lowest BCUT2D eigenvalue weighted by molar-refractivity contribution is 0.289. The number of rotatable bonds is 5. The summed E-state index contributed by atoms with van der Waals surface area (Å²) in [4.78, 5) is 0.164. The highest BCUT2D eigenvalue weighted by atomic mass is 35.5. The highest BCUT2D eigenvalue weighted by Crippen LogP contribution is 2.41. The van der Waals surface area contributed by atoms with Crippen molar-refractivity contribution in [3.05, 3.63) is 77.1 Å². The van der Waals surface area contributed by atoms with Gasteiger partial charge in [0.2, 0.25) is 10.0 Å². The van der Waals surface area contributed by atoms with Crippen LogP contribution in [0.4, 0.5) is 0 Å². The van der Waals surface area contributed by atoms with E-state index < -0.39 is 16.1 Å². The highest BCUT2D eigenvalue weighted by Gasteiger charge is 2.39. The lowest BCUT2D eigenvalue weighted by atomic mass is 10.0. The van der Waals surface area contributed by atoms with Crippen LogP contribution in [-0.4, -0.2) is 38.1 Å². The van der Waals surface area contributed by atoms with Crippen molar-refractivity contribution in [2.24, 2.45) is 0 Å². The molecule has 3 aromatic rings. The highest BCUT2D eigenvalue weighted by molar-refractivity contribution is 7.89. The molecule has 0 bridgehead atoms. The van der Waals surface area contributed by atoms with Gasteiger partial charge in [-0.2, -0.15) is 4.31 Å². The van der Waals surface area contributed by atoms with Gasteiger partial charge in [0.05, 0.1) is 25.2 Å². The van der Waals surface area contributed by atoms with Crippen molar-refractivity contribution in [1.82, 2.24) is 8.87 Å². The molecule has 1 atom stereocenters. The number of sulfonamides is 1. The Morgan fingerprint density at radius 2 is 1.83 bits per heavy atom. The van der Waals surface area contributed by atoms with E-state index in [-0.39, 0.29) is 4.90 Å². The van der Waals surface area contributed by atoms with Crippen LogP contribution in [0.2, 0.25) is 5.02 Å². The molecule has 4 rings (SSSR count). The lowest BCUT2D eigenvalue weighted by Crippen LogP contribution is -2.42. The first-order valence-corrected chi connectivity index (χ1v) is 10.9. The van der Waals surface area contributed by atoms with Crippen LogP contribution in [-0.2, 0) is 16.6 Å². The van der Waals surface area contributed by atoms with E-state index in [4.69, 9.17) is 21.1 Å². The predicted molar refractivity (Wildman–Crippen MR) is 111 cm³/mol. The van der Waals surface area contributed by atoms with Crippen LogP contribution in [0.15, 0.2) is 65.7 Å². The third kappa shape index (κ3) is 3.50. The van der Waals surface area contributed by atoms with E-state index in [0.29, 0.717) is 29.6 Å². The van der Waals surface area contributed by atoms with Crippen LogP contribution in [0.5, 0.6) is 11.5 Å². The second-order valence-corrected chi connectivity index (χ2v) is 9.04. The van der Waals surface area contributed by atoms with E-state index in [2.05, 4.69) is 4.57 Å². The zero-order valence-corrected chi connectivity index (χ0v) is 17.7. The zero-order chi connectivity index (χ0) is 20.6. The Labute approximate surface area is 175 Å². The van der Waals surface area contributed by atoms with Crippen LogP contribution in [0.1, 0.15) is 17.3 Å². The van der Waals surface area contributed by atoms with Crippen LogP contribution >= 0.6 is 11.6 Å². The fourth-order valence-electron chi connectivity index (χ4n) is 3.75. The minimum absolute atomic E-state index is 0.164. The number of nitrogens with zero attached hydrogens (tertiary/aromatic N) is 2. The Morgan fingerprint density at radius 1 is 1.00 bits per heavy atom. The maximum atomic E-state index is 13.6. The van der Waals surface area contributed by atoms with Gasteiger partial charge < -0.3 is 14.0 Å². The quantitative estimate of drug-likeness (QED) is 0.612. The molecule has 0 fully saturated rings. The molecular weight excluding hydrogens is 412 g/mol. The van der Waals surface area contributed by atoms with E-state index in [1.807, 2.05) is 24.4 Å². The second-order valence-electron chi connectivity index (χ2n) is 6.71. The third-order valence-corrected chi connectivity index (χ3v) is 7.22. The Bertz CT molecular complexity index is 1140. The van der Waals surface area contributed by atoms with Gasteiger partial charge in [0.25, 0.3) is 0 Å². The average Bonchev–Trinajstić information content (AvgIpc) is 3.21. The first-order valence-electron chi connectivity index (χ1n) is 9.10. The van der Waals surface area contributed by atoms with Gasteiger partial charge in [-0.05, 0) is 48.5 Å². The van der Waals surface area contributed by atoms with Gasteiger partial charge in [-0.25, -0.2) is 8.42 Å². The average molecular weight is 433 g/mol. The van der Waals surface area contributed by atoms with Crippen LogP contribution in [0, 0.1) is 0 Å². The summed E-state index contributed by atoms with van der Waals surface area (Å²) in [7, 11) is -0.656. The molecule has 29 heavy (non-hydrogen) atoms. The Hall–Kier alpha value is -2.48. The monoisotopic (exact) mass is 432 g/mol. The summed E-state index contributed by atoms with van der Waals surface area (Å²) in [6.45, 7) is 0.881. The smallest absolute Gasteiger partial charge is 0.244 e. The maximum absolute atomic E-state index is 13.6. The molecule has 6 nitrogen and oxygen atoms in total. The predicted octanol–water partition coefficient (Wildman–Crippen LogP) is 3.95. The third-order valence-electron chi connectivity index (χ3n) is 5.13. The number of halogens is 1. The molecule has 1 unspecified atom stereocenters. The molecule has 1 aliphatic heterocycles. The molecule has 0 spiro atoms. The van der Waals surface area contributed by atoms with Crippen molar-refractivity contribution >= 4 is 21.6 Å². The number of methoxy groups -OCH3 is 2. The minimum atomic E-state index is -3.81. The second kappa shape index (κ2) is 7.74. The molecule has 2 aromatic carbocycles. The molecule has 2 heterocycles. The molecule has 0 amide bonds. The molecule has 1 aromatic heterocycles. The number of benzene rings is 2. The van der Waals surface area contributed by atoms with Gasteiger partial charge in [-0.3, -0.25) is 0 Å². The van der Waals surface area contributed by atoms with Crippen molar-refractivity contribution < 1.29 is 17.9 Å². The first-order chi connectivity index (χ1) is 14.0. The molecule has 0 saturated heterocycles. The fourth-order valence-corrected chi connectivity index (χ4v) is 5.62. The van der Waals surface area contributed by atoms with E-state index in [1.165, 1.54) is 10.4 Å². The van der Waals surface area contributed by atoms with Gasteiger partial charge in [0, 0.05) is 35.6 Å². The zero-order valence-electron chi connectivity index (χ0n) is 16.1. The largest absolute Gasteiger partial charge is 0.497 e. The molecular formula is C21H21ClN2O4S. The minimum Gasteiger partial charge on any atom is -0.497 e. The summed E-state index contributed by atoms with van der Waals surface area (Å²) in [6.07, 6.45) is 1.96. The van der Waals surface area contributed by atoms with Crippen LogP contribution < -0.4 is 9.47 Å². The molecule has 0 aliphatic carbocycles. The Kier molecular flexibility index (Phi) is 5.29. The molecule has 1 aliphatic rings. The number of hydrogen-bond acceptors (Lipinski definition) is 4.